The third-order valence-corrected chi connectivity index (χ3v) is 1.96. The van der Waals surface area contributed by atoms with Crippen molar-refractivity contribution in [3.05, 3.63) is 24.8 Å². The fourth-order valence-electron chi connectivity index (χ4n) is 1.27. The Kier molecular flexibility index (Phi) is 4.44. The van der Waals surface area contributed by atoms with Crippen LogP contribution in [0.2, 0.25) is 0 Å². The van der Waals surface area contributed by atoms with Crippen molar-refractivity contribution in [2.45, 2.75) is 0 Å². The van der Waals surface area contributed by atoms with E-state index in [2.05, 4.69) is 17.1 Å². The lowest BCUT2D eigenvalue weighted by Crippen LogP contribution is -1.96. The van der Waals surface area contributed by atoms with Gasteiger partial charge in [0.05, 0.1) is 27.5 Å². The van der Waals surface area contributed by atoms with Gasteiger partial charge in [-0.15, -0.1) is 0 Å². The maximum Gasteiger partial charge on any atom is 0.203 e. The van der Waals surface area contributed by atoms with E-state index >= 15 is 0 Å². The van der Waals surface area contributed by atoms with E-state index < -0.39 is 0 Å². The molecule has 0 saturated carbocycles. The molecule has 1 radical (unpaired) electrons. The number of methoxy groups -OCH3 is 3. The molecule has 0 spiro atoms. The van der Waals surface area contributed by atoms with Gasteiger partial charge in [0.15, 0.2) is 18.6 Å². The van der Waals surface area contributed by atoms with Crippen molar-refractivity contribution in [2.24, 2.45) is 5.16 Å². The maximum absolute atomic E-state index is 5.18. The van der Waals surface area contributed by atoms with E-state index in [0.717, 1.165) is 5.56 Å². The van der Waals surface area contributed by atoms with Crippen LogP contribution >= 0.6 is 0 Å². The number of benzene rings is 1. The molecule has 5 nitrogen and oxygen atoms in total. The zero-order chi connectivity index (χ0) is 12.0. The minimum atomic E-state index is 0.540. The van der Waals surface area contributed by atoms with Crippen LogP contribution in [-0.2, 0) is 4.84 Å². The van der Waals surface area contributed by atoms with Gasteiger partial charge in [0.2, 0.25) is 5.75 Å². The maximum atomic E-state index is 5.18. The Morgan fingerprint density at radius 2 is 1.62 bits per heavy atom. The third kappa shape index (κ3) is 2.56. The first-order valence-electron chi connectivity index (χ1n) is 4.51. The molecule has 5 heteroatoms. The van der Waals surface area contributed by atoms with E-state index in [9.17, 15) is 0 Å². The third-order valence-electron chi connectivity index (χ3n) is 1.96. The van der Waals surface area contributed by atoms with Gasteiger partial charge < -0.3 is 19.0 Å². The van der Waals surface area contributed by atoms with E-state index in [0.29, 0.717) is 17.2 Å². The summed E-state index contributed by atoms with van der Waals surface area (Å²) < 4.78 is 15.5. The molecular formula is C11H14NO4. The molecule has 0 bridgehead atoms. The molecule has 0 aliphatic carbocycles. The molecule has 1 rings (SSSR count). The second-order valence-corrected chi connectivity index (χ2v) is 2.82. The Bertz CT molecular complexity index is 351. The highest BCUT2D eigenvalue weighted by Crippen LogP contribution is 2.37. The van der Waals surface area contributed by atoms with E-state index in [1.807, 2.05) is 0 Å². The van der Waals surface area contributed by atoms with E-state index in [1.165, 1.54) is 6.21 Å². The zero-order valence-corrected chi connectivity index (χ0v) is 9.52. The van der Waals surface area contributed by atoms with Gasteiger partial charge in [0, 0.05) is 5.56 Å². The summed E-state index contributed by atoms with van der Waals surface area (Å²) in [5.74, 6) is 1.66. The van der Waals surface area contributed by atoms with E-state index in [-0.39, 0.29) is 0 Å². The largest absolute Gasteiger partial charge is 0.493 e. The molecule has 0 unspecified atom stereocenters. The standard InChI is InChI=1S/C11H14NO4/c1-13-9-5-8(7-12-16-4)6-10(14-2)11(9)15-3/h5-7H,4H2,1-3H3/b12-7+. The Morgan fingerprint density at radius 1 is 1.06 bits per heavy atom. The number of hydrogen-bond acceptors (Lipinski definition) is 5. The molecule has 0 amide bonds. The van der Waals surface area contributed by atoms with Gasteiger partial charge in [-0.2, -0.15) is 0 Å². The van der Waals surface area contributed by atoms with Crippen molar-refractivity contribution < 1.29 is 19.0 Å². The lowest BCUT2D eigenvalue weighted by molar-refractivity contribution is 0.262. The fraction of sp³-hybridized carbons (Fsp3) is 0.273. The highest BCUT2D eigenvalue weighted by atomic mass is 16.6. The summed E-state index contributed by atoms with van der Waals surface area (Å²) in [5, 5.41) is 3.56. The molecule has 0 aliphatic heterocycles. The zero-order valence-electron chi connectivity index (χ0n) is 9.52. The molecule has 1 aromatic rings. The first-order chi connectivity index (χ1) is 7.76. The molecule has 0 heterocycles. The average Bonchev–Trinajstić information content (AvgIpc) is 2.34. The van der Waals surface area contributed by atoms with Crippen LogP contribution in [0.4, 0.5) is 0 Å². The van der Waals surface area contributed by atoms with Gasteiger partial charge in [-0.3, -0.25) is 0 Å². The van der Waals surface area contributed by atoms with Crippen LogP contribution in [-0.4, -0.2) is 27.5 Å². The van der Waals surface area contributed by atoms with Crippen LogP contribution in [0.3, 0.4) is 0 Å². The molecule has 0 aromatic heterocycles. The fourth-order valence-corrected chi connectivity index (χ4v) is 1.27. The summed E-state index contributed by atoms with van der Waals surface area (Å²) in [6.45, 7) is 0. The van der Waals surface area contributed by atoms with Crippen LogP contribution in [0.5, 0.6) is 17.2 Å². The number of nitrogens with zero attached hydrogens (tertiary/aromatic N) is 1. The number of oxime groups is 1. The van der Waals surface area contributed by atoms with Crippen LogP contribution < -0.4 is 14.2 Å². The lowest BCUT2D eigenvalue weighted by Gasteiger charge is -2.12. The minimum absolute atomic E-state index is 0.540. The van der Waals surface area contributed by atoms with Crippen molar-refractivity contribution >= 4 is 6.21 Å². The highest BCUT2D eigenvalue weighted by molar-refractivity contribution is 5.82. The molecule has 0 saturated heterocycles. The highest BCUT2D eigenvalue weighted by Gasteiger charge is 2.12. The molecule has 0 fully saturated rings. The molecular weight excluding hydrogens is 210 g/mol. The van der Waals surface area contributed by atoms with Gasteiger partial charge in [0.1, 0.15) is 0 Å². The van der Waals surface area contributed by atoms with Crippen molar-refractivity contribution in [1.29, 1.82) is 0 Å². The topological polar surface area (TPSA) is 49.3 Å². The number of ether oxygens (including phenoxy) is 3. The summed E-state index contributed by atoms with van der Waals surface area (Å²) >= 11 is 0. The second-order valence-electron chi connectivity index (χ2n) is 2.82. The minimum Gasteiger partial charge on any atom is -0.493 e. The van der Waals surface area contributed by atoms with Gasteiger partial charge in [-0.1, -0.05) is 5.16 Å². The monoisotopic (exact) mass is 224 g/mol. The van der Waals surface area contributed by atoms with Gasteiger partial charge >= 0.3 is 0 Å². The number of rotatable bonds is 5. The molecule has 0 atom stereocenters. The van der Waals surface area contributed by atoms with Crippen LogP contribution in [0.1, 0.15) is 5.56 Å². The Morgan fingerprint density at radius 3 is 2.00 bits per heavy atom. The van der Waals surface area contributed by atoms with Gasteiger partial charge in [0.25, 0.3) is 0 Å². The quantitative estimate of drug-likeness (QED) is 0.565. The molecule has 0 aliphatic rings. The second kappa shape index (κ2) is 5.85. The summed E-state index contributed by atoms with van der Waals surface area (Å²) in [6, 6.07) is 3.51. The SMILES string of the molecule is [CH2]O/N=C/c1cc(OC)c(OC)c(OC)c1. The van der Waals surface area contributed by atoms with Gasteiger partial charge in [-0.25, -0.2) is 0 Å². The lowest BCUT2D eigenvalue weighted by atomic mass is 10.2. The first-order valence-corrected chi connectivity index (χ1v) is 4.51. The summed E-state index contributed by atoms with van der Waals surface area (Å²) in [6.07, 6.45) is 1.50. The predicted octanol–water partition coefficient (Wildman–Crippen LogP) is 1.85. The van der Waals surface area contributed by atoms with Crippen molar-refractivity contribution in [3.63, 3.8) is 0 Å². The summed E-state index contributed by atoms with van der Waals surface area (Å²) in [4.78, 5) is 4.36. The molecule has 0 N–H and O–H groups in total. The summed E-state index contributed by atoms with van der Waals surface area (Å²) in [7, 11) is 7.79. The average molecular weight is 224 g/mol. The Labute approximate surface area is 94.6 Å². The first kappa shape index (κ1) is 12.2. The van der Waals surface area contributed by atoms with Crippen LogP contribution in [0, 0.1) is 7.11 Å². The summed E-state index contributed by atoms with van der Waals surface area (Å²) in [5.41, 5.74) is 0.762. The molecule has 87 valence electrons. The van der Waals surface area contributed by atoms with Crippen LogP contribution in [0.25, 0.3) is 0 Å². The molecule has 1 aromatic carbocycles. The van der Waals surface area contributed by atoms with E-state index in [1.54, 1.807) is 33.5 Å². The Hall–Kier alpha value is -1.91. The van der Waals surface area contributed by atoms with Crippen molar-refractivity contribution in [2.75, 3.05) is 21.3 Å². The van der Waals surface area contributed by atoms with Crippen molar-refractivity contribution in [3.8, 4) is 17.2 Å². The Balaban J connectivity index is 3.20. The van der Waals surface area contributed by atoms with Crippen LogP contribution in [0.15, 0.2) is 17.3 Å². The number of hydrogen-bond donors (Lipinski definition) is 0. The molecule has 16 heavy (non-hydrogen) atoms. The smallest absolute Gasteiger partial charge is 0.203 e. The normalized spacial score (nSPS) is 10.2. The van der Waals surface area contributed by atoms with Gasteiger partial charge in [-0.05, 0) is 12.1 Å². The van der Waals surface area contributed by atoms with E-state index in [4.69, 9.17) is 14.2 Å². The van der Waals surface area contributed by atoms with Crippen molar-refractivity contribution in [1.82, 2.24) is 0 Å². The predicted molar refractivity (Wildman–Crippen MR) is 60.1 cm³/mol.